The zero-order valence-electron chi connectivity index (χ0n) is 32.9. The number of carbonyl (C=O) groups is 1. The van der Waals surface area contributed by atoms with Gasteiger partial charge >= 0.3 is 5.97 Å². The molecule has 7 rings (SSSR count). The van der Waals surface area contributed by atoms with Crippen molar-refractivity contribution in [3.05, 3.63) is 11.6 Å². The van der Waals surface area contributed by atoms with Crippen LogP contribution in [0.5, 0.6) is 0 Å². The van der Waals surface area contributed by atoms with Crippen LogP contribution in [0.15, 0.2) is 11.6 Å². The predicted molar refractivity (Wildman–Crippen MR) is 193 cm³/mol. The fourth-order valence-corrected chi connectivity index (χ4v) is 13.4. The lowest BCUT2D eigenvalue weighted by Crippen LogP contribution is -2.67. The number of fused-ring (bicyclic) bond motifs is 7. The first-order valence-electron chi connectivity index (χ1n) is 20.4. The Morgan fingerprint density at radius 2 is 1.52 bits per heavy atom. The highest BCUT2D eigenvalue weighted by Crippen LogP contribution is 2.76. The Morgan fingerprint density at radius 3 is 2.19 bits per heavy atom. The van der Waals surface area contributed by atoms with Crippen LogP contribution in [0.4, 0.5) is 0 Å². The van der Waals surface area contributed by atoms with E-state index in [0.29, 0.717) is 18.8 Å². The fourth-order valence-electron chi connectivity index (χ4n) is 13.4. The van der Waals surface area contributed by atoms with Crippen molar-refractivity contribution in [1.29, 1.82) is 0 Å². The summed E-state index contributed by atoms with van der Waals surface area (Å²) < 4.78 is 24.1. The maximum atomic E-state index is 13.0. The van der Waals surface area contributed by atoms with E-state index in [1.165, 1.54) is 5.57 Å². The van der Waals surface area contributed by atoms with E-state index in [1.807, 2.05) is 0 Å². The number of hydrogen-bond acceptors (Lipinski definition) is 12. The summed E-state index contributed by atoms with van der Waals surface area (Å²) in [5, 5.41) is 84.7. The summed E-state index contributed by atoms with van der Waals surface area (Å²) in [5.74, 6) is -0.265. The number of aliphatic carboxylic acids is 1. The summed E-state index contributed by atoms with van der Waals surface area (Å²) in [5.41, 5.74) is -0.367. The summed E-state index contributed by atoms with van der Waals surface area (Å²) in [6.07, 6.45) is -3.32. The third-order valence-electron chi connectivity index (χ3n) is 17.0. The molecule has 0 bridgehead atoms. The largest absolute Gasteiger partial charge is 0.481 e. The van der Waals surface area contributed by atoms with Crippen molar-refractivity contribution in [2.75, 3.05) is 19.8 Å². The molecule has 0 spiro atoms. The van der Waals surface area contributed by atoms with E-state index in [1.54, 1.807) is 0 Å². The van der Waals surface area contributed by atoms with Crippen molar-refractivity contribution in [2.24, 2.45) is 50.2 Å². The Hall–Kier alpha value is -1.23. The topological polar surface area (TPSA) is 216 Å². The van der Waals surface area contributed by atoms with E-state index in [9.17, 15) is 45.6 Å². The molecule has 0 radical (unpaired) electrons. The second-order valence-corrected chi connectivity index (χ2v) is 20.1. The number of allylic oxidation sites excluding steroid dienone is 2. The molecule has 4 saturated carbocycles. The first-order chi connectivity index (χ1) is 25.2. The lowest BCUT2D eigenvalue weighted by atomic mass is 9.33. The maximum Gasteiger partial charge on any atom is 0.310 e. The molecular formula is C41H66O13. The molecule has 2 aliphatic heterocycles. The summed E-state index contributed by atoms with van der Waals surface area (Å²) >= 11 is 0. The molecule has 0 aromatic carbocycles. The molecule has 0 aromatic rings. The van der Waals surface area contributed by atoms with Crippen molar-refractivity contribution in [1.82, 2.24) is 0 Å². The number of aliphatic hydroxyl groups is 7. The van der Waals surface area contributed by atoms with Gasteiger partial charge in [0.2, 0.25) is 0 Å². The van der Waals surface area contributed by atoms with Gasteiger partial charge in [-0.15, -0.1) is 0 Å². The van der Waals surface area contributed by atoms with Crippen molar-refractivity contribution in [3.63, 3.8) is 0 Å². The average molecular weight is 767 g/mol. The lowest BCUT2D eigenvalue weighted by Gasteiger charge is -2.71. The van der Waals surface area contributed by atoms with E-state index in [0.717, 1.165) is 51.4 Å². The third-order valence-corrected chi connectivity index (χ3v) is 17.0. The van der Waals surface area contributed by atoms with Gasteiger partial charge in [-0.25, -0.2) is 0 Å². The molecule has 6 fully saturated rings. The highest BCUT2D eigenvalue weighted by molar-refractivity contribution is 5.76. The van der Waals surface area contributed by atoms with Crippen LogP contribution in [0.2, 0.25) is 0 Å². The molecule has 2 saturated heterocycles. The van der Waals surface area contributed by atoms with Crippen LogP contribution in [-0.2, 0) is 23.7 Å². The average Bonchev–Trinajstić information content (AvgIpc) is 3.12. The van der Waals surface area contributed by atoms with Crippen molar-refractivity contribution >= 4 is 5.97 Å². The Balaban J connectivity index is 1.15. The number of carboxylic acids is 1. The second kappa shape index (κ2) is 14.0. The second-order valence-electron chi connectivity index (χ2n) is 20.1. The van der Waals surface area contributed by atoms with Gasteiger partial charge in [0.25, 0.3) is 0 Å². The minimum atomic E-state index is -1.73. The smallest absolute Gasteiger partial charge is 0.310 e. The molecule has 54 heavy (non-hydrogen) atoms. The molecule has 0 unspecified atom stereocenters. The summed E-state index contributed by atoms with van der Waals surface area (Å²) in [7, 11) is 0. The third kappa shape index (κ3) is 5.92. The Labute approximate surface area is 319 Å². The van der Waals surface area contributed by atoms with Gasteiger partial charge in [-0.1, -0.05) is 53.2 Å². The van der Waals surface area contributed by atoms with Crippen LogP contribution in [0, 0.1) is 50.2 Å². The van der Waals surface area contributed by atoms with Crippen LogP contribution < -0.4 is 0 Å². The molecular weight excluding hydrogens is 700 g/mol. The van der Waals surface area contributed by atoms with Crippen molar-refractivity contribution in [2.45, 2.75) is 167 Å². The first-order valence-corrected chi connectivity index (χ1v) is 20.4. The van der Waals surface area contributed by atoms with Gasteiger partial charge in [0.05, 0.1) is 31.3 Å². The van der Waals surface area contributed by atoms with Crippen molar-refractivity contribution < 1.29 is 64.6 Å². The number of aliphatic hydroxyl groups excluding tert-OH is 7. The molecule has 13 nitrogen and oxygen atoms in total. The van der Waals surface area contributed by atoms with E-state index >= 15 is 0 Å². The molecule has 5 aliphatic carbocycles. The van der Waals surface area contributed by atoms with Gasteiger partial charge in [-0.05, 0) is 104 Å². The first kappa shape index (κ1) is 40.9. The number of hydrogen-bond donors (Lipinski definition) is 8. The molecule has 8 N–H and O–H groups in total. The van der Waals surface area contributed by atoms with Crippen LogP contribution in [-0.4, -0.2) is 128 Å². The van der Waals surface area contributed by atoms with E-state index in [4.69, 9.17) is 18.9 Å². The van der Waals surface area contributed by atoms with Gasteiger partial charge in [0, 0.05) is 5.41 Å². The van der Waals surface area contributed by atoms with E-state index in [-0.39, 0.29) is 46.7 Å². The molecule has 18 atom stereocenters. The van der Waals surface area contributed by atoms with Crippen LogP contribution in [0.25, 0.3) is 0 Å². The molecule has 2 heterocycles. The van der Waals surface area contributed by atoms with E-state index in [2.05, 4.69) is 47.6 Å². The summed E-state index contributed by atoms with van der Waals surface area (Å²) in [6, 6.07) is 0. The monoisotopic (exact) mass is 766 g/mol. The van der Waals surface area contributed by atoms with E-state index < -0.39 is 84.8 Å². The van der Waals surface area contributed by atoms with Gasteiger partial charge in [-0.3, -0.25) is 4.79 Å². The minimum absolute atomic E-state index is 0.0233. The molecule has 7 aliphatic rings. The van der Waals surface area contributed by atoms with Gasteiger partial charge < -0.3 is 59.8 Å². The quantitative estimate of drug-likeness (QED) is 0.138. The van der Waals surface area contributed by atoms with Gasteiger partial charge in [-0.2, -0.15) is 0 Å². The Kier molecular flexibility index (Phi) is 10.6. The van der Waals surface area contributed by atoms with Crippen LogP contribution >= 0.6 is 0 Å². The molecule has 0 aromatic heterocycles. The molecule has 13 heteroatoms. The minimum Gasteiger partial charge on any atom is -0.481 e. The number of ether oxygens (including phenoxy) is 4. The zero-order chi connectivity index (χ0) is 39.4. The highest BCUT2D eigenvalue weighted by atomic mass is 16.8. The zero-order valence-corrected chi connectivity index (χ0v) is 32.9. The number of carboxylic acid groups (broad SMARTS) is 1. The van der Waals surface area contributed by atoms with Crippen LogP contribution in [0.3, 0.4) is 0 Å². The van der Waals surface area contributed by atoms with Crippen LogP contribution in [0.1, 0.15) is 106 Å². The predicted octanol–water partition coefficient (Wildman–Crippen LogP) is 2.49. The maximum absolute atomic E-state index is 13.0. The molecule has 308 valence electrons. The van der Waals surface area contributed by atoms with Crippen molar-refractivity contribution in [3.8, 4) is 0 Å². The number of rotatable bonds is 7. The standard InChI is InChI=1S/C41H66O13/c1-36(2)13-15-41(35(49)50)16-14-39(5)21(22(41)17-36)7-8-26-37(3)11-10-27(38(4,20-43)25(37)9-12-40(26,39)6)53-34-32(28(45)23(44)19-51-34)54-33-31(48)30(47)29(46)24(18-42)52-33/h7,22-34,42-48H,8-20H2,1-6H3,(H,49,50)/t22-,23-,24+,25-,26+,27-,28-,29+,30-,31+,32+,33-,34-,37-,38-,39+,40+,41-/m0/s1. The lowest BCUT2D eigenvalue weighted by molar-refractivity contribution is -0.368. The van der Waals surface area contributed by atoms with Gasteiger partial charge in [0.15, 0.2) is 12.6 Å². The Morgan fingerprint density at radius 1 is 0.815 bits per heavy atom. The highest BCUT2D eigenvalue weighted by Gasteiger charge is 2.70. The van der Waals surface area contributed by atoms with Gasteiger partial charge in [0.1, 0.15) is 42.7 Å². The molecule has 0 amide bonds. The summed E-state index contributed by atoms with van der Waals surface area (Å²) in [4.78, 5) is 13.0. The Bertz CT molecular complexity index is 1450. The summed E-state index contributed by atoms with van der Waals surface area (Å²) in [6.45, 7) is 12.8. The fraction of sp³-hybridized carbons (Fsp3) is 0.927. The SMILES string of the molecule is CC1(C)CC[C@]2(C(=O)O)CC[C@]3(C)C(=CC[C@@H]4[C@@]5(C)CC[C@H](O[C@@H]6OC[C@H](O)[C@H](O)[C@H]6O[C@@H]6O[C@H](CO)[C@@H](O)[C@H](O)[C@H]6O)[C@@](C)(CO)[C@H]5CC[C@]43C)[C@@H]2C1. The normalized spacial score (nSPS) is 54.3.